The predicted octanol–water partition coefficient (Wildman–Crippen LogP) is 1.90. The van der Waals surface area contributed by atoms with Gasteiger partial charge in [0.2, 0.25) is 0 Å². The van der Waals surface area contributed by atoms with Crippen molar-refractivity contribution >= 4 is 0 Å². The molecule has 0 saturated carbocycles. The lowest BCUT2D eigenvalue weighted by Crippen LogP contribution is -2.09. The number of aliphatic hydroxyl groups is 1. The summed E-state index contributed by atoms with van der Waals surface area (Å²) in [5.74, 6) is 0. The van der Waals surface area contributed by atoms with Crippen LogP contribution in [0.3, 0.4) is 0 Å². The molecule has 1 rings (SSSR count). The maximum Gasteiger partial charge on any atom is 0.0581 e. The van der Waals surface area contributed by atoms with Crippen LogP contribution >= 0.6 is 0 Å². The van der Waals surface area contributed by atoms with Crippen molar-refractivity contribution in [3.05, 3.63) is 18.0 Å². The van der Waals surface area contributed by atoms with E-state index in [2.05, 4.69) is 12.0 Å². The topological polar surface area (TPSA) is 38.1 Å². The van der Waals surface area contributed by atoms with Crippen molar-refractivity contribution in [3.63, 3.8) is 0 Å². The highest BCUT2D eigenvalue weighted by Crippen LogP contribution is 2.08. The van der Waals surface area contributed by atoms with E-state index in [1.807, 2.05) is 19.4 Å². The van der Waals surface area contributed by atoms with Crippen molar-refractivity contribution in [2.45, 2.75) is 45.1 Å². The summed E-state index contributed by atoms with van der Waals surface area (Å²) in [5, 5.41) is 13.8. The lowest BCUT2D eigenvalue weighted by atomic mass is 10.1. The molecule has 3 heteroatoms. The molecule has 0 amide bonds. The Bertz CT molecular complexity index is 258. The summed E-state index contributed by atoms with van der Waals surface area (Å²) in [5.41, 5.74) is 1.12. The van der Waals surface area contributed by atoms with Gasteiger partial charge in [-0.15, -0.1) is 0 Å². The highest BCUT2D eigenvalue weighted by Gasteiger charge is 2.06. The van der Waals surface area contributed by atoms with Crippen molar-refractivity contribution in [1.82, 2.24) is 9.78 Å². The van der Waals surface area contributed by atoms with Crippen LogP contribution in [0.4, 0.5) is 0 Å². The molecular formula is C11H20N2O. The minimum Gasteiger partial charge on any atom is -0.393 e. The van der Waals surface area contributed by atoms with Crippen molar-refractivity contribution < 1.29 is 5.11 Å². The molecule has 0 spiro atoms. The van der Waals surface area contributed by atoms with Crippen LogP contribution in [0.15, 0.2) is 12.4 Å². The Hall–Kier alpha value is -0.830. The molecule has 3 nitrogen and oxygen atoms in total. The molecule has 0 fully saturated rings. The summed E-state index contributed by atoms with van der Waals surface area (Å²) >= 11 is 0. The standard InChI is InChI=1S/C11H20N2O/c1-3-4-5-6-11(14)7-10-8-12-13(2)9-10/h8-9,11,14H,3-7H2,1-2H3. The van der Waals surface area contributed by atoms with Crippen molar-refractivity contribution in [2.75, 3.05) is 0 Å². The smallest absolute Gasteiger partial charge is 0.0581 e. The number of nitrogens with zero attached hydrogens (tertiary/aromatic N) is 2. The summed E-state index contributed by atoms with van der Waals surface area (Å²) in [7, 11) is 1.90. The van der Waals surface area contributed by atoms with Gasteiger partial charge in [0.1, 0.15) is 0 Å². The Balaban J connectivity index is 2.23. The summed E-state index contributed by atoms with van der Waals surface area (Å²) < 4.78 is 1.77. The zero-order valence-corrected chi connectivity index (χ0v) is 9.11. The van der Waals surface area contributed by atoms with Gasteiger partial charge in [-0.25, -0.2) is 0 Å². The van der Waals surface area contributed by atoms with Gasteiger partial charge in [0, 0.05) is 19.7 Å². The molecule has 0 bridgehead atoms. The van der Waals surface area contributed by atoms with E-state index in [0.29, 0.717) is 0 Å². The number of rotatable bonds is 6. The van der Waals surface area contributed by atoms with E-state index in [-0.39, 0.29) is 6.10 Å². The second-order valence-corrected chi connectivity index (χ2v) is 3.88. The lowest BCUT2D eigenvalue weighted by molar-refractivity contribution is 0.161. The van der Waals surface area contributed by atoms with Crippen molar-refractivity contribution in [3.8, 4) is 0 Å². The van der Waals surface area contributed by atoms with Crippen LogP contribution in [-0.2, 0) is 13.5 Å². The van der Waals surface area contributed by atoms with Crippen molar-refractivity contribution in [2.24, 2.45) is 7.05 Å². The molecule has 1 N–H and O–H groups in total. The van der Waals surface area contributed by atoms with Gasteiger partial charge in [-0.2, -0.15) is 5.10 Å². The quantitative estimate of drug-likeness (QED) is 0.706. The van der Waals surface area contributed by atoms with Crippen LogP contribution in [0, 0.1) is 0 Å². The van der Waals surface area contributed by atoms with E-state index in [1.165, 1.54) is 12.8 Å². The summed E-state index contributed by atoms with van der Waals surface area (Å²) in [6.45, 7) is 2.17. The molecule has 0 radical (unpaired) electrons. The van der Waals surface area contributed by atoms with Gasteiger partial charge in [-0.3, -0.25) is 4.68 Å². The first-order valence-electron chi connectivity index (χ1n) is 5.38. The zero-order chi connectivity index (χ0) is 10.4. The average molecular weight is 196 g/mol. The number of hydrogen-bond donors (Lipinski definition) is 1. The fraction of sp³-hybridized carbons (Fsp3) is 0.727. The minimum atomic E-state index is -0.203. The van der Waals surface area contributed by atoms with E-state index in [1.54, 1.807) is 4.68 Å². The van der Waals surface area contributed by atoms with Crippen molar-refractivity contribution in [1.29, 1.82) is 0 Å². The fourth-order valence-electron chi connectivity index (χ4n) is 1.58. The predicted molar refractivity (Wildman–Crippen MR) is 57.1 cm³/mol. The van der Waals surface area contributed by atoms with Crippen LogP contribution in [-0.4, -0.2) is 21.0 Å². The van der Waals surface area contributed by atoms with Crippen LogP contribution in [0.5, 0.6) is 0 Å². The van der Waals surface area contributed by atoms with E-state index in [0.717, 1.165) is 24.8 Å². The molecule has 0 saturated heterocycles. The Labute approximate surface area is 85.8 Å². The highest BCUT2D eigenvalue weighted by atomic mass is 16.3. The second-order valence-electron chi connectivity index (χ2n) is 3.88. The Kier molecular flexibility index (Phi) is 4.66. The molecule has 0 aliphatic rings. The molecule has 0 aliphatic carbocycles. The van der Waals surface area contributed by atoms with Crippen LogP contribution < -0.4 is 0 Å². The summed E-state index contributed by atoms with van der Waals surface area (Å²) in [6, 6.07) is 0. The Morgan fingerprint density at radius 3 is 2.86 bits per heavy atom. The second kappa shape index (κ2) is 5.81. The van der Waals surface area contributed by atoms with E-state index in [4.69, 9.17) is 0 Å². The molecule has 0 aliphatic heterocycles. The van der Waals surface area contributed by atoms with Crippen LogP contribution in [0.1, 0.15) is 38.2 Å². The first-order chi connectivity index (χ1) is 6.72. The Morgan fingerprint density at radius 1 is 1.50 bits per heavy atom. The van der Waals surface area contributed by atoms with E-state index in [9.17, 15) is 5.11 Å². The molecule has 80 valence electrons. The molecule has 1 aromatic rings. The van der Waals surface area contributed by atoms with E-state index < -0.39 is 0 Å². The molecule has 1 unspecified atom stereocenters. The summed E-state index contributed by atoms with van der Waals surface area (Å²) in [6.07, 6.45) is 8.76. The van der Waals surface area contributed by atoms with Gasteiger partial charge in [0.15, 0.2) is 0 Å². The maximum absolute atomic E-state index is 9.70. The van der Waals surface area contributed by atoms with Crippen LogP contribution in [0.25, 0.3) is 0 Å². The van der Waals surface area contributed by atoms with Gasteiger partial charge < -0.3 is 5.11 Å². The third-order valence-corrected chi connectivity index (χ3v) is 2.37. The average Bonchev–Trinajstić information content (AvgIpc) is 2.52. The molecule has 0 aromatic carbocycles. The SMILES string of the molecule is CCCCCC(O)Cc1cnn(C)c1. The Morgan fingerprint density at radius 2 is 2.29 bits per heavy atom. The first-order valence-corrected chi connectivity index (χ1v) is 5.38. The van der Waals surface area contributed by atoms with Gasteiger partial charge in [-0.05, 0) is 12.0 Å². The van der Waals surface area contributed by atoms with Gasteiger partial charge in [0.05, 0.1) is 12.3 Å². The normalized spacial score (nSPS) is 13.1. The highest BCUT2D eigenvalue weighted by molar-refractivity contribution is 5.04. The number of aliphatic hydroxyl groups excluding tert-OH is 1. The van der Waals surface area contributed by atoms with Crippen LogP contribution in [0.2, 0.25) is 0 Å². The first kappa shape index (κ1) is 11.2. The maximum atomic E-state index is 9.70. The minimum absolute atomic E-state index is 0.203. The molecule has 14 heavy (non-hydrogen) atoms. The third-order valence-electron chi connectivity index (χ3n) is 2.37. The largest absolute Gasteiger partial charge is 0.393 e. The number of aryl methyl sites for hydroxylation is 1. The monoisotopic (exact) mass is 196 g/mol. The van der Waals surface area contributed by atoms with Gasteiger partial charge in [0.25, 0.3) is 0 Å². The number of hydrogen-bond acceptors (Lipinski definition) is 2. The molecular weight excluding hydrogens is 176 g/mol. The lowest BCUT2D eigenvalue weighted by Gasteiger charge is -2.07. The summed E-state index contributed by atoms with van der Waals surface area (Å²) in [4.78, 5) is 0. The molecule has 1 heterocycles. The van der Waals surface area contributed by atoms with Gasteiger partial charge >= 0.3 is 0 Å². The fourth-order valence-corrected chi connectivity index (χ4v) is 1.58. The molecule has 1 atom stereocenters. The number of aromatic nitrogens is 2. The third kappa shape index (κ3) is 3.92. The zero-order valence-electron chi connectivity index (χ0n) is 9.11. The number of unbranched alkanes of at least 4 members (excludes halogenated alkanes) is 2. The van der Waals surface area contributed by atoms with E-state index >= 15 is 0 Å². The van der Waals surface area contributed by atoms with Gasteiger partial charge in [-0.1, -0.05) is 26.2 Å². The molecule has 1 aromatic heterocycles.